The molecular formula is C32H43NO6. The number of esters is 1. The zero-order chi connectivity index (χ0) is 28.7. The SMILES string of the molecule is CCCC(O)c1cccc(N(C(C)=O)C2C(=O)C(C(C)(C)C)C[C@@H]2c2ccc(CCC(=O)OCCO)cc2)c1. The van der Waals surface area contributed by atoms with E-state index < -0.39 is 12.1 Å². The van der Waals surface area contributed by atoms with Crippen LogP contribution in [0.15, 0.2) is 48.5 Å². The molecule has 1 aliphatic rings. The van der Waals surface area contributed by atoms with Gasteiger partial charge in [-0.2, -0.15) is 0 Å². The van der Waals surface area contributed by atoms with Crippen LogP contribution in [-0.4, -0.2) is 47.1 Å². The number of benzene rings is 2. The highest BCUT2D eigenvalue weighted by Gasteiger charge is 2.50. The number of amides is 1. The van der Waals surface area contributed by atoms with E-state index >= 15 is 0 Å². The Hall–Kier alpha value is -3.03. The van der Waals surface area contributed by atoms with Crippen LogP contribution in [0, 0.1) is 11.3 Å². The van der Waals surface area contributed by atoms with Crippen LogP contribution in [0.1, 0.15) is 89.0 Å². The van der Waals surface area contributed by atoms with Gasteiger partial charge in [-0.3, -0.25) is 14.4 Å². The molecule has 7 nitrogen and oxygen atoms in total. The molecule has 2 aromatic carbocycles. The van der Waals surface area contributed by atoms with Gasteiger partial charge < -0.3 is 19.8 Å². The van der Waals surface area contributed by atoms with Crippen LogP contribution in [0.25, 0.3) is 0 Å². The van der Waals surface area contributed by atoms with Crippen LogP contribution in [-0.2, 0) is 25.5 Å². The monoisotopic (exact) mass is 537 g/mol. The normalized spacial score (nSPS) is 20.1. The Morgan fingerprint density at radius 2 is 1.82 bits per heavy atom. The topological polar surface area (TPSA) is 104 Å². The van der Waals surface area contributed by atoms with Gasteiger partial charge in [0.25, 0.3) is 0 Å². The average Bonchev–Trinajstić information content (AvgIpc) is 3.24. The summed E-state index contributed by atoms with van der Waals surface area (Å²) in [5.74, 6) is -0.931. The van der Waals surface area contributed by atoms with Crippen molar-refractivity contribution in [3.63, 3.8) is 0 Å². The molecule has 0 aliphatic heterocycles. The molecular weight excluding hydrogens is 494 g/mol. The average molecular weight is 538 g/mol. The molecule has 212 valence electrons. The van der Waals surface area contributed by atoms with E-state index in [1.165, 1.54) is 6.92 Å². The van der Waals surface area contributed by atoms with Gasteiger partial charge in [0, 0.05) is 30.9 Å². The number of hydrogen-bond acceptors (Lipinski definition) is 6. The molecule has 0 radical (unpaired) electrons. The van der Waals surface area contributed by atoms with Crippen molar-refractivity contribution in [1.29, 1.82) is 0 Å². The van der Waals surface area contributed by atoms with E-state index in [9.17, 15) is 19.5 Å². The molecule has 3 rings (SSSR count). The summed E-state index contributed by atoms with van der Waals surface area (Å²) in [7, 11) is 0. The first-order chi connectivity index (χ1) is 18.5. The molecule has 1 fully saturated rings. The zero-order valence-electron chi connectivity index (χ0n) is 23.9. The third kappa shape index (κ3) is 7.55. The molecule has 3 unspecified atom stereocenters. The summed E-state index contributed by atoms with van der Waals surface area (Å²) in [6, 6.07) is 14.6. The first-order valence-electron chi connectivity index (χ1n) is 13.9. The van der Waals surface area contributed by atoms with Crippen molar-refractivity contribution in [3.05, 3.63) is 65.2 Å². The van der Waals surface area contributed by atoms with Gasteiger partial charge in [-0.05, 0) is 53.5 Å². The van der Waals surface area contributed by atoms with E-state index in [1.54, 1.807) is 4.90 Å². The third-order valence-electron chi connectivity index (χ3n) is 7.64. The molecule has 7 heteroatoms. The lowest BCUT2D eigenvalue weighted by molar-refractivity contribution is -0.144. The summed E-state index contributed by atoms with van der Waals surface area (Å²) >= 11 is 0. The highest BCUT2D eigenvalue weighted by molar-refractivity contribution is 6.03. The summed E-state index contributed by atoms with van der Waals surface area (Å²) in [4.78, 5) is 40.6. The lowest BCUT2D eigenvalue weighted by Crippen LogP contribution is -2.46. The molecule has 0 bridgehead atoms. The quantitative estimate of drug-likeness (QED) is 0.385. The predicted octanol–water partition coefficient (Wildman–Crippen LogP) is 5.13. The Bertz CT molecular complexity index is 1140. The van der Waals surface area contributed by atoms with E-state index in [-0.39, 0.29) is 54.5 Å². The fraction of sp³-hybridized carbons (Fsp3) is 0.531. The number of aliphatic hydroxyl groups is 2. The maximum atomic E-state index is 14.0. The van der Waals surface area contributed by atoms with Gasteiger partial charge >= 0.3 is 5.97 Å². The van der Waals surface area contributed by atoms with Crippen molar-refractivity contribution in [2.75, 3.05) is 18.1 Å². The van der Waals surface area contributed by atoms with E-state index in [0.29, 0.717) is 24.9 Å². The van der Waals surface area contributed by atoms with Gasteiger partial charge in [-0.15, -0.1) is 0 Å². The fourth-order valence-corrected chi connectivity index (χ4v) is 5.58. The predicted molar refractivity (Wildman–Crippen MR) is 151 cm³/mol. The van der Waals surface area contributed by atoms with Crippen LogP contribution in [0.5, 0.6) is 0 Å². The lowest BCUT2D eigenvalue weighted by Gasteiger charge is -2.32. The molecule has 0 heterocycles. The third-order valence-corrected chi connectivity index (χ3v) is 7.64. The number of aliphatic hydroxyl groups excluding tert-OH is 2. The second kappa shape index (κ2) is 13.4. The molecule has 1 saturated carbocycles. The van der Waals surface area contributed by atoms with Gasteiger partial charge in [0.1, 0.15) is 12.6 Å². The standard InChI is InChI=1S/C32H43NO6/c1-6-8-28(36)24-9-7-10-25(19-24)33(21(2)35)30-26(20-27(31(30)38)32(3,4)5)23-14-11-22(12-15-23)13-16-29(37)39-18-17-34/h7,9-12,14-15,19,26-28,30,34,36H,6,8,13,16-18,20H2,1-5H3/t26-,27?,28?,30?/m1/s1. The van der Waals surface area contributed by atoms with E-state index in [2.05, 4.69) is 20.8 Å². The molecule has 0 aromatic heterocycles. The summed E-state index contributed by atoms with van der Waals surface area (Å²) in [5, 5.41) is 19.4. The molecule has 0 saturated heterocycles. The molecule has 4 atom stereocenters. The van der Waals surface area contributed by atoms with Gasteiger partial charge in [0.2, 0.25) is 5.91 Å². The number of aryl methyl sites for hydroxylation is 1. The number of hydrogen-bond donors (Lipinski definition) is 2. The summed E-state index contributed by atoms with van der Waals surface area (Å²) in [5.41, 5.74) is 3.03. The van der Waals surface area contributed by atoms with Crippen molar-refractivity contribution in [2.24, 2.45) is 11.3 Å². The first kappa shape index (κ1) is 30.5. The Kier molecular flexibility index (Phi) is 10.4. The van der Waals surface area contributed by atoms with Crippen molar-refractivity contribution < 1.29 is 29.3 Å². The number of rotatable bonds is 11. The van der Waals surface area contributed by atoms with Crippen LogP contribution < -0.4 is 4.90 Å². The molecule has 2 aromatic rings. The largest absolute Gasteiger partial charge is 0.463 e. The Balaban J connectivity index is 1.94. The van der Waals surface area contributed by atoms with Crippen LogP contribution in [0.4, 0.5) is 5.69 Å². The van der Waals surface area contributed by atoms with E-state index in [0.717, 1.165) is 23.1 Å². The lowest BCUT2D eigenvalue weighted by atomic mass is 9.78. The van der Waals surface area contributed by atoms with Crippen LogP contribution in [0.2, 0.25) is 0 Å². The zero-order valence-corrected chi connectivity index (χ0v) is 23.9. The minimum Gasteiger partial charge on any atom is -0.463 e. The second-order valence-corrected chi connectivity index (χ2v) is 11.6. The van der Waals surface area contributed by atoms with Gasteiger partial charge in [-0.25, -0.2) is 0 Å². The van der Waals surface area contributed by atoms with Crippen molar-refractivity contribution in [2.45, 2.75) is 84.8 Å². The number of anilines is 1. The molecule has 39 heavy (non-hydrogen) atoms. The Morgan fingerprint density at radius 3 is 2.41 bits per heavy atom. The Labute approximate surface area is 232 Å². The summed E-state index contributed by atoms with van der Waals surface area (Å²) in [6.45, 7) is 9.49. The van der Waals surface area contributed by atoms with Crippen molar-refractivity contribution >= 4 is 23.3 Å². The maximum absolute atomic E-state index is 14.0. The molecule has 0 spiro atoms. The van der Waals surface area contributed by atoms with Gasteiger partial charge in [0.15, 0.2) is 5.78 Å². The highest BCUT2D eigenvalue weighted by atomic mass is 16.5. The second-order valence-electron chi connectivity index (χ2n) is 11.6. The molecule has 2 N–H and O–H groups in total. The van der Waals surface area contributed by atoms with E-state index in [4.69, 9.17) is 9.84 Å². The number of Topliss-reactive ketones (excluding diaryl/α,β-unsaturated/α-hetero) is 1. The number of carbonyl (C=O) groups excluding carboxylic acids is 3. The Morgan fingerprint density at radius 1 is 1.13 bits per heavy atom. The maximum Gasteiger partial charge on any atom is 0.306 e. The fourth-order valence-electron chi connectivity index (χ4n) is 5.58. The van der Waals surface area contributed by atoms with Gasteiger partial charge in [0.05, 0.1) is 12.7 Å². The number of ketones is 1. The van der Waals surface area contributed by atoms with Crippen molar-refractivity contribution in [3.8, 4) is 0 Å². The van der Waals surface area contributed by atoms with Crippen molar-refractivity contribution in [1.82, 2.24) is 0 Å². The summed E-state index contributed by atoms with van der Waals surface area (Å²) < 4.78 is 4.94. The van der Waals surface area contributed by atoms with Crippen LogP contribution in [0.3, 0.4) is 0 Å². The van der Waals surface area contributed by atoms with E-state index in [1.807, 2.05) is 55.5 Å². The summed E-state index contributed by atoms with van der Waals surface area (Å²) in [6.07, 6.45) is 2.17. The number of ether oxygens (including phenoxy) is 1. The minimum atomic E-state index is -0.662. The molecule has 1 amide bonds. The molecule has 1 aliphatic carbocycles. The number of carbonyl (C=O) groups is 3. The number of nitrogens with zero attached hydrogens (tertiary/aromatic N) is 1. The smallest absolute Gasteiger partial charge is 0.306 e. The highest BCUT2D eigenvalue weighted by Crippen LogP contribution is 2.47. The first-order valence-corrected chi connectivity index (χ1v) is 13.9. The van der Waals surface area contributed by atoms with Gasteiger partial charge in [-0.1, -0.05) is 70.5 Å². The minimum absolute atomic E-state index is 0.00304. The van der Waals surface area contributed by atoms with Crippen LogP contribution >= 0.6 is 0 Å².